The average Bonchev–Trinajstić information content (AvgIpc) is 3.59. The molecule has 0 aromatic heterocycles. The summed E-state index contributed by atoms with van der Waals surface area (Å²) < 4.78 is 6.41. The molecule has 31 heavy (non-hydrogen) atoms. The summed E-state index contributed by atoms with van der Waals surface area (Å²) in [5, 5.41) is 0.647. The van der Waals surface area contributed by atoms with Crippen molar-refractivity contribution in [2.75, 3.05) is 6.54 Å². The van der Waals surface area contributed by atoms with Crippen LogP contribution in [0.25, 0.3) is 0 Å². The molecule has 164 valence electrons. The number of amides is 1. The van der Waals surface area contributed by atoms with E-state index in [4.69, 9.17) is 16.3 Å². The molecule has 2 aliphatic rings. The van der Waals surface area contributed by atoms with Crippen LogP contribution in [-0.4, -0.2) is 29.7 Å². The molecule has 0 bridgehead atoms. The summed E-state index contributed by atoms with van der Waals surface area (Å²) in [6, 6.07) is 16.1. The molecule has 2 aromatic carbocycles. The molecule has 1 heterocycles. The molecule has 3 unspecified atom stereocenters. The average molecular weight is 440 g/mol. The molecule has 0 radical (unpaired) electrons. The third-order valence-corrected chi connectivity index (χ3v) is 6.46. The van der Waals surface area contributed by atoms with Crippen molar-refractivity contribution >= 4 is 23.8 Å². The van der Waals surface area contributed by atoms with Gasteiger partial charge >= 0.3 is 0 Å². The zero-order valence-electron chi connectivity index (χ0n) is 18.0. The van der Waals surface area contributed by atoms with Gasteiger partial charge in [-0.1, -0.05) is 61.3 Å². The second kappa shape index (κ2) is 9.97. The lowest BCUT2D eigenvalue weighted by atomic mass is 9.90. The first-order valence-corrected chi connectivity index (χ1v) is 11.7. The number of aryl methyl sites for hydroxylation is 1. The van der Waals surface area contributed by atoms with Gasteiger partial charge in [0.1, 0.15) is 18.5 Å². The summed E-state index contributed by atoms with van der Waals surface area (Å²) in [6.45, 7) is 2.91. The lowest BCUT2D eigenvalue weighted by molar-refractivity contribution is -0.175. The molecule has 2 fully saturated rings. The standard InChI is InChI=1S/C26H30ClNO3/c1-2-5-18-11-13-20(14-12-18)24-25(21-6-3-7-22(27)16-21)31-23(8-4-15-29)26(30)28(24)17-19-9-10-19/h3,6-7,11-16,19,23-25H,2,4-5,8-10,17H2,1H3. The molecule has 0 N–H and O–H groups in total. The van der Waals surface area contributed by atoms with Gasteiger partial charge in [-0.05, 0) is 60.4 Å². The summed E-state index contributed by atoms with van der Waals surface area (Å²) in [4.78, 5) is 26.5. The number of ether oxygens (including phenoxy) is 1. The van der Waals surface area contributed by atoms with Crippen LogP contribution in [0.3, 0.4) is 0 Å². The minimum absolute atomic E-state index is 0.00494. The number of rotatable bonds is 9. The molecule has 1 saturated heterocycles. The van der Waals surface area contributed by atoms with E-state index in [0.29, 0.717) is 23.8 Å². The van der Waals surface area contributed by atoms with E-state index in [1.807, 2.05) is 29.2 Å². The van der Waals surface area contributed by atoms with Crippen LogP contribution in [0, 0.1) is 5.92 Å². The molecule has 3 atom stereocenters. The summed E-state index contributed by atoms with van der Waals surface area (Å²) in [7, 11) is 0. The van der Waals surface area contributed by atoms with Gasteiger partial charge in [0.25, 0.3) is 5.91 Å². The maximum absolute atomic E-state index is 13.5. The second-order valence-electron chi connectivity index (χ2n) is 8.71. The maximum atomic E-state index is 13.5. The van der Waals surface area contributed by atoms with E-state index < -0.39 is 6.10 Å². The van der Waals surface area contributed by atoms with Crippen molar-refractivity contribution < 1.29 is 14.3 Å². The first-order chi connectivity index (χ1) is 15.1. The quantitative estimate of drug-likeness (QED) is 0.471. The van der Waals surface area contributed by atoms with E-state index in [2.05, 4.69) is 31.2 Å². The van der Waals surface area contributed by atoms with Crippen LogP contribution in [0.5, 0.6) is 0 Å². The summed E-state index contributed by atoms with van der Waals surface area (Å²) in [5.41, 5.74) is 3.33. The van der Waals surface area contributed by atoms with Crippen molar-refractivity contribution in [3.8, 4) is 0 Å². The van der Waals surface area contributed by atoms with Crippen molar-refractivity contribution in [3.63, 3.8) is 0 Å². The minimum Gasteiger partial charge on any atom is -0.358 e. The predicted molar refractivity (Wildman–Crippen MR) is 122 cm³/mol. The molecule has 1 aliphatic carbocycles. The number of carbonyl (C=O) groups is 2. The Morgan fingerprint density at radius 2 is 1.90 bits per heavy atom. The highest BCUT2D eigenvalue weighted by Crippen LogP contribution is 2.45. The number of carbonyl (C=O) groups excluding carboxylic acids is 2. The van der Waals surface area contributed by atoms with Crippen molar-refractivity contribution in [1.29, 1.82) is 0 Å². The summed E-state index contributed by atoms with van der Waals surface area (Å²) in [6.07, 6.45) is 5.09. The van der Waals surface area contributed by atoms with Crippen molar-refractivity contribution in [3.05, 3.63) is 70.2 Å². The van der Waals surface area contributed by atoms with E-state index in [0.717, 1.165) is 49.6 Å². The third-order valence-electron chi connectivity index (χ3n) is 6.23. The molecular weight excluding hydrogens is 410 g/mol. The first-order valence-electron chi connectivity index (χ1n) is 11.3. The zero-order chi connectivity index (χ0) is 21.8. The molecule has 0 spiro atoms. The van der Waals surface area contributed by atoms with Crippen LogP contribution in [0.2, 0.25) is 5.02 Å². The molecular formula is C26H30ClNO3. The van der Waals surface area contributed by atoms with Crippen LogP contribution in [0.15, 0.2) is 48.5 Å². The van der Waals surface area contributed by atoms with Crippen LogP contribution in [0.4, 0.5) is 0 Å². The largest absolute Gasteiger partial charge is 0.358 e. The number of nitrogens with zero attached hydrogens (tertiary/aromatic N) is 1. The molecule has 4 nitrogen and oxygen atoms in total. The number of halogens is 1. The molecule has 1 amide bonds. The van der Waals surface area contributed by atoms with E-state index >= 15 is 0 Å². The first kappa shape index (κ1) is 22.0. The number of hydrogen-bond acceptors (Lipinski definition) is 3. The van der Waals surface area contributed by atoms with Gasteiger partial charge in [0.05, 0.1) is 6.04 Å². The summed E-state index contributed by atoms with van der Waals surface area (Å²) in [5.74, 6) is 0.547. The minimum atomic E-state index is -0.608. The Morgan fingerprint density at radius 1 is 1.13 bits per heavy atom. The normalized spacial score (nSPS) is 23.7. The molecule has 4 rings (SSSR count). The lowest BCUT2D eigenvalue weighted by Crippen LogP contribution is -2.51. The Balaban J connectivity index is 1.74. The number of benzene rings is 2. The zero-order valence-corrected chi connectivity index (χ0v) is 18.8. The molecule has 1 aliphatic heterocycles. The van der Waals surface area contributed by atoms with Crippen molar-refractivity contribution in [1.82, 2.24) is 4.90 Å². The Morgan fingerprint density at radius 3 is 2.55 bits per heavy atom. The lowest BCUT2D eigenvalue weighted by Gasteiger charge is -2.45. The van der Waals surface area contributed by atoms with Gasteiger partial charge in [-0.3, -0.25) is 4.79 Å². The predicted octanol–water partition coefficient (Wildman–Crippen LogP) is 5.69. The highest BCUT2D eigenvalue weighted by molar-refractivity contribution is 6.30. The third kappa shape index (κ3) is 5.19. The van der Waals surface area contributed by atoms with Gasteiger partial charge < -0.3 is 14.4 Å². The molecule has 5 heteroatoms. The Labute approximate surface area is 189 Å². The van der Waals surface area contributed by atoms with Gasteiger partial charge in [0, 0.05) is 18.0 Å². The van der Waals surface area contributed by atoms with Gasteiger partial charge in [-0.25, -0.2) is 0 Å². The maximum Gasteiger partial charge on any atom is 0.252 e. The van der Waals surface area contributed by atoms with Crippen LogP contribution in [-0.2, 0) is 20.7 Å². The van der Waals surface area contributed by atoms with E-state index in [9.17, 15) is 9.59 Å². The Hall–Kier alpha value is -2.17. The van der Waals surface area contributed by atoms with Crippen molar-refractivity contribution in [2.45, 2.75) is 63.7 Å². The van der Waals surface area contributed by atoms with E-state index in [1.165, 1.54) is 5.56 Å². The van der Waals surface area contributed by atoms with Crippen LogP contribution in [0.1, 0.15) is 67.9 Å². The summed E-state index contributed by atoms with van der Waals surface area (Å²) >= 11 is 6.31. The number of hydrogen-bond donors (Lipinski definition) is 0. The fourth-order valence-corrected chi connectivity index (χ4v) is 4.66. The Bertz CT molecular complexity index is 909. The Kier molecular flexibility index (Phi) is 7.09. The van der Waals surface area contributed by atoms with Gasteiger partial charge in [0.2, 0.25) is 0 Å². The highest BCUT2D eigenvalue weighted by atomic mass is 35.5. The fourth-order valence-electron chi connectivity index (χ4n) is 4.46. The molecule has 1 saturated carbocycles. The number of aldehydes is 1. The van der Waals surface area contributed by atoms with Crippen LogP contribution >= 0.6 is 11.6 Å². The fraction of sp³-hybridized carbons (Fsp3) is 0.462. The van der Waals surface area contributed by atoms with E-state index in [1.54, 1.807) is 0 Å². The van der Waals surface area contributed by atoms with Gasteiger partial charge in [-0.15, -0.1) is 0 Å². The van der Waals surface area contributed by atoms with Gasteiger partial charge in [0.15, 0.2) is 0 Å². The molecule has 2 aromatic rings. The number of morpholine rings is 1. The SMILES string of the molecule is CCCc1ccc(C2C(c3cccc(Cl)c3)OC(CCC=O)C(=O)N2CC2CC2)cc1. The smallest absolute Gasteiger partial charge is 0.252 e. The topological polar surface area (TPSA) is 46.6 Å². The van der Waals surface area contributed by atoms with E-state index in [-0.39, 0.29) is 18.1 Å². The van der Waals surface area contributed by atoms with Crippen LogP contribution < -0.4 is 0 Å². The van der Waals surface area contributed by atoms with Gasteiger partial charge in [-0.2, -0.15) is 0 Å². The highest BCUT2D eigenvalue weighted by Gasteiger charge is 2.45. The monoisotopic (exact) mass is 439 g/mol. The second-order valence-corrected chi connectivity index (χ2v) is 9.15. The van der Waals surface area contributed by atoms with Crippen molar-refractivity contribution in [2.24, 2.45) is 5.92 Å².